The van der Waals surface area contributed by atoms with Crippen LogP contribution < -0.4 is 0 Å². The van der Waals surface area contributed by atoms with Crippen LogP contribution in [0.1, 0.15) is 67.2 Å². The van der Waals surface area contributed by atoms with E-state index in [1.54, 1.807) is 4.42 Å². The minimum absolute atomic E-state index is 0.0264. The quantitative estimate of drug-likeness (QED) is 0.663. The highest BCUT2D eigenvalue weighted by atomic mass is 35.5. The third-order valence-corrected chi connectivity index (χ3v) is 10.4. The minimum Gasteiger partial charge on any atom is -0.299 e. The Hall–Kier alpha value is -0.410. The summed E-state index contributed by atoms with van der Waals surface area (Å²) in [5.41, 5.74) is -0.274. The van der Waals surface area contributed by atoms with Crippen molar-refractivity contribution in [3.05, 3.63) is 0 Å². The number of carbonyl (C=O) groups is 2. The largest absolute Gasteiger partial charge is 0.299 e. The molecule has 4 saturated carbocycles. The third kappa shape index (κ3) is 2.00. The van der Waals surface area contributed by atoms with E-state index in [2.05, 4.69) is 41.5 Å². The molecule has 0 unspecified atom stereocenters. The zero-order valence-electron chi connectivity index (χ0n) is 17.2. The Bertz CT molecular complexity index is 615. The van der Waals surface area contributed by atoms with E-state index in [-0.39, 0.29) is 33.5 Å². The second-order valence-corrected chi connectivity index (χ2v) is 11.6. The molecule has 4 fully saturated rings. The topological polar surface area (TPSA) is 37.4 Å². The Balaban J connectivity index is 1.47. The summed E-state index contributed by atoms with van der Waals surface area (Å²) in [4.78, 5) is 26.1. The van der Waals surface area contributed by atoms with Crippen LogP contribution in [0.4, 0.5) is 0 Å². The number of nitrogens with zero attached hydrogens (tertiary/aromatic N) is 1. The fourth-order valence-electron chi connectivity index (χ4n) is 7.47. The second kappa shape index (κ2) is 5.35. The van der Waals surface area contributed by atoms with Gasteiger partial charge in [0.15, 0.2) is 0 Å². The fraction of sp³-hybridized carbons (Fsp3) is 0.909. The number of hydrogen-bond acceptors (Lipinski definition) is 3. The molecule has 4 aliphatic rings. The molecule has 0 aromatic rings. The number of fused-ring (bicyclic) bond motifs is 4. The maximum atomic E-state index is 13.1. The fourth-order valence-corrected chi connectivity index (χ4v) is 7.77. The summed E-state index contributed by atoms with van der Waals surface area (Å²) in [5.74, 6) is 1.70. The molecule has 4 aliphatic carbocycles. The summed E-state index contributed by atoms with van der Waals surface area (Å²) in [6.45, 7) is 14.5. The van der Waals surface area contributed by atoms with Crippen LogP contribution in [-0.4, -0.2) is 29.1 Å². The summed E-state index contributed by atoms with van der Waals surface area (Å²) in [6.07, 6.45) is 4.28. The average molecular weight is 380 g/mol. The van der Waals surface area contributed by atoms with Gasteiger partial charge in [0.2, 0.25) is 0 Å². The molecule has 4 rings (SSSR count). The van der Waals surface area contributed by atoms with Gasteiger partial charge >= 0.3 is 0 Å². The first-order valence-electron chi connectivity index (χ1n) is 10.4. The normalized spacial score (nSPS) is 48.2. The molecule has 146 valence electrons. The maximum absolute atomic E-state index is 13.1. The monoisotopic (exact) mass is 379 g/mol. The molecule has 0 aliphatic heterocycles. The van der Waals surface area contributed by atoms with E-state index in [4.69, 9.17) is 11.8 Å². The Morgan fingerprint density at radius 3 is 1.42 bits per heavy atom. The van der Waals surface area contributed by atoms with Crippen LogP contribution in [-0.2, 0) is 9.59 Å². The lowest BCUT2D eigenvalue weighted by atomic mass is 9.70. The first-order chi connectivity index (χ1) is 11.9. The van der Waals surface area contributed by atoms with Gasteiger partial charge in [-0.2, -0.15) is 0 Å². The standard InChI is InChI=1S/C22H34ClNO2/c1-19(2)15-7-9-21(19,5)17(25)13(15)11-24(23)12-14-16-8-10-22(6,18(14)26)20(16,3)4/h13-16H,7-12H2,1-6H3/t13-,14-,15-,16+,21+,22+/m0/s1. The van der Waals surface area contributed by atoms with Crippen LogP contribution in [0, 0.1) is 45.3 Å². The van der Waals surface area contributed by atoms with E-state index in [9.17, 15) is 9.59 Å². The molecule has 0 radical (unpaired) electrons. The molecule has 0 aromatic heterocycles. The Morgan fingerprint density at radius 2 is 1.15 bits per heavy atom. The molecule has 26 heavy (non-hydrogen) atoms. The number of ketones is 2. The van der Waals surface area contributed by atoms with Crippen molar-refractivity contribution < 1.29 is 9.59 Å². The molecule has 0 saturated heterocycles. The van der Waals surface area contributed by atoms with Crippen molar-refractivity contribution in [2.45, 2.75) is 67.2 Å². The summed E-state index contributed by atoms with van der Waals surface area (Å²) in [5, 5.41) is 0. The van der Waals surface area contributed by atoms with Gasteiger partial charge in [-0.05, 0) is 60.1 Å². The van der Waals surface area contributed by atoms with Gasteiger partial charge in [-0.15, -0.1) is 0 Å². The van der Waals surface area contributed by atoms with Crippen molar-refractivity contribution in [3.63, 3.8) is 0 Å². The van der Waals surface area contributed by atoms with Gasteiger partial charge in [-0.3, -0.25) is 9.59 Å². The summed E-state index contributed by atoms with van der Waals surface area (Å²) >= 11 is 6.65. The molecule has 3 nitrogen and oxygen atoms in total. The predicted octanol–water partition coefficient (Wildman–Crippen LogP) is 4.73. The lowest BCUT2D eigenvalue weighted by Crippen LogP contribution is -2.39. The highest BCUT2D eigenvalue weighted by Gasteiger charge is 2.67. The number of halogens is 1. The molecular formula is C22H34ClNO2. The Kier molecular flexibility index (Phi) is 3.89. The second-order valence-electron chi connectivity index (χ2n) is 11.2. The molecule has 4 heteroatoms. The van der Waals surface area contributed by atoms with Crippen molar-refractivity contribution in [3.8, 4) is 0 Å². The number of Topliss-reactive ketones (excluding diaryl/α,β-unsaturated/α-hetero) is 2. The lowest BCUT2D eigenvalue weighted by Gasteiger charge is -2.32. The van der Waals surface area contributed by atoms with Crippen LogP contribution in [0.25, 0.3) is 0 Å². The van der Waals surface area contributed by atoms with Crippen LogP contribution >= 0.6 is 11.8 Å². The van der Waals surface area contributed by atoms with Crippen molar-refractivity contribution in [2.75, 3.05) is 13.1 Å². The van der Waals surface area contributed by atoms with Crippen LogP contribution in [0.5, 0.6) is 0 Å². The van der Waals surface area contributed by atoms with E-state index >= 15 is 0 Å². The van der Waals surface area contributed by atoms with Crippen molar-refractivity contribution in [1.29, 1.82) is 0 Å². The smallest absolute Gasteiger partial charge is 0.143 e. The van der Waals surface area contributed by atoms with Gasteiger partial charge in [0.25, 0.3) is 0 Å². The van der Waals surface area contributed by atoms with Gasteiger partial charge in [0, 0.05) is 35.8 Å². The first kappa shape index (κ1) is 18.9. The number of carbonyl (C=O) groups excluding carboxylic acids is 2. The van der Waals surface area contributed by atoms with Gasteiger partial charge in [-0.1, -0.05) is 41.5 Å². The maximum Gasteiger partial charge on any atom is 0.143 e. The Morgan fingerprint density at radius 1 is 0.808 bits per heavy atom. The lowest BCUT2D eigenvalue weighted by molar-refractivity contribution is -0.132. The van der Waals surface area contributed by atoms with E-state index in [0.717, 1.165) is 25.7 Å². The van der Waals surface area contributed by atoms with Gasteiger partial charge in [0.05, 0.1) is 0 Å². The summed E-state index contributed by atoms with van der Waals surface area (Å²) in [6, 6.07) is 0. The van der Waals surface area contributed by atoms with Crippen molar-refractivity contribution in [1.82, 2.24) is 4.42 Å². The highest BCUT2D eigenvalue weighted by molar-refractivity contribution is 6.13. The molecule has 0 heterocycles. The van der Waals surface area contributed by atoms with E-state index < -0.39 is 0 Å². The first-order valence-corrected chi connectivity index (χ1v) is 10.7. The molecular weight excluding hydrogens is 346 g/mol. The molecule has 0 N–H and O–H groups in total. The third-order valence-electron chi connectivity index (χ3n) is 10.1. The van der Waals surface area contributed by atoms with Crippen molar-refractivity contribution in [2.24, 2.45) is 45.3 Å². The SMILES string of the molecule is CC1(C)[C@@H]2CC[C@]1(C)C(=O)[C@H]2CN(Cl)C[C@@H]1C(=O)[C@@]2(C)CC[C@@H]1C2(C)C. The zero-order valence-corrected chi connectivity index (χ0v) is 17.9. The van der Waals surface area contributed by atoms with Gasteiger partial charge in [-0.25, -0.2) is 4.42 Å². The Labute approximate surface area is 163 Å². The van der Waals surface area contributed by atoms with E-state index in [1.807, 2.05) is 0 Å². The molecule has 4 bridgehead atoms. The van der Waals surface area contributed by atoms with Crippen LogP contribution in [0.15, 0.2) is 0 Å². The number of rotatable bonds is 4. The van der Waals surface area contributed by atoms with Crippen LogP contribution in [0.3, 0.4) is 0 Å². The molecule has 0 amide bonds. The zero-order chi connectivity index (χ0) is 19.3. The highest BCUT2D eigenvalue weighted by Crippen LogP contribution is 2.67. The molecule has 0 aromatic carbocycles. The predicted molar refractivity (Wildman–Crippen MR) is 104 cm³/mol. The van der Waals surface area contributed by atoms with Gasteiger partial charge in [0.1, 0.15) is 11.6 Å². The average Bonchev–Trinajstić information content (AvgIpc) is 3.02. The van der Waals surface area contributed by atoms with E-state index in [1.165, 1.54) is 0 Å². The van der Waals surface area contributed by atoms with Crippen LogP contribution in [0.2, 0.25) is 0 Å². The number of hydrogen-bond donors (Lipinski definition) is 0. The van der Waals surface area contributed by atoms with E-state index in [0.29, 0.717) is 36.5 Å². The summed E-state index contributed by atoms with van der Waals surface area (Å²) in [7, 11) is 0. The van der Waals surface area contributed by atoms with Crippen molar-refractivity contribution >= 4 is 23.3 Å². The van der Waals surface area contributed by atoms with Gasteiger partial charge < -0.3 is 0 Å². The minimum atomic E-state index is -0.197. The summed E-state index contributed by atoms with van der Waals surface area (Å²) < 4.78 is 1.78. The molecule has 0 spiro atoms. The molecule has 6 atom stereocenters.